The van der Waals surface area contributed by atoms with Crippen molar-refractivity contribution >= 4 is 29.4 Å². The topological polar surface area (TPSA) is 20.3 Å². The second-order valence-electron chi connectivity index (χ2n) is 7.00. The summed E-state index contributed by atoms with van der Waals surface area (Å²) in [5, 5.41) is 1.35. The van der Waals surface area contributed by atoms with Gasteiger partial charge in [0.2, 0.25) is 5.91 Å². The monoisotopic (exact) mass is 349 g/mol. The zero-order valence-electron chi connectivity index (χ0n) is 14.3. The van der Waals surface area contributed by atoms with Crippen LogP contribution in [0.3, 0.4) is 0 Å². The number of fused-ring (bicyclic) bond motifs is 2. The summed E-state index contributed by atoms with van der Waals surface area (Å²) in [6.45, 7) is 4.41. The van der Waals surface area contributed by atoms with E-state index >= 15 is 0 Å². The molecule has 2 nitrogen and oxygen atoms in total. The molecule has 2 aliphatic heterocycles. The quantitative estimate of drug-likeness (QED) is 0.724. The molecule has 126 valence electrons. The minimum atomic E-state index is 0.335. The Morgan fingerprint density at radius 2 is 1.78 bits per heavy atom. The van der Waals surface area contributed by atoms with E-state index in [1.165, 1.54) is 30.6 Å². The van der Waals surface area contributed by atoms with Gasteiger partial charge in [0, 0.05) is 27.5 Å². The molecule has 23 heavy (non-hydrogen) atoms. The minimum absolute atomic E-state index is 0.335. The lowest BCUT2D eigenvalue weighted by molar-refractivity contribution is -0.134. The van der Waals surface area contributed by atoms with E-state index in [4.69, 9.17) is 0 Å². The van der Waals surface area contributed by atoms with Crippen LogP contribution in [0.2, 0.25) is 0 Å². The number of carbonyl (C=O) groups excluding carboxylic acids is 1. The molecule has 0 aromatic heterocycles. The summed E-state index contributed by atoms with van der Waals surface area (Å²) in [6.07, 6.45) is 7.55. The number of carbonyl (C=O) groups is 1. The lowest BCUT2D eigenvalue weighted by atomic mass is 10.0. The highest BCUT2D eigenvalue weighted by atomic mass is 32.2. The first-order chi connectivity index (χ1) is 11.1. The Morgan fingerprint density at radius 1 is 1.17 bits per heavy atom. The number of amides is 1. The summed E-state index contributed by atoms with van der Waals surface area (Å²) in [4.78, 5) is 16.3. The first kappa shape index (κ1) is 17.2. The first-order valence-electron chi connectivity index (χ1n) is 8.66. The third-order valence-corrected chi connectivity index (χ3v) is 7.03. The molecule has 0 spiro atoms. The van der Waals surface area contributed by atoms with Crippen molar-refractivity contribution < 1.29 is 4.79 Å². The van der Waals surface area contributed by atoms with Gasteiger partial charge in [-0.2, -0.15) is 11.8 Å². The maximum Gasteiger partial charge on any atom is 0.227 e. The van der Waals surface area contributed by atoms with Crippen LogP contribution < -0.4 is 0 Å². The molecule has 2 saturated heterocycles. The summed E-state index contributed by atoms with van der Waals surface area (Å²) in [7, 11) is 0. The van der Waals surface area contributed by atoms with Crippen molar-refractivity contribution in [1.82, 2.24) is 4.90 Å². The molecule has 1 amide bonds. The van der Waals surface area contributed by atoms with Gasteiger partial charge in [-0.15, -0.1) is 11.8 Å². The van der Waals surface area contributed by atoms with Crippen molar-refractivity contribution in [2.24, 2.45) is 0 Å². The van der Waals surface area contributed by atoms with Crippen LogP contribution >= 0.6 is 23.5 Å². The van der Waals surface area contributed by atoms with Gasteiger partial charge in [-0.05, 0) is 49.6 Å². The van der Waals surface area contributed by atoms with E-state index in [1.54, 1.807) is 0 Å². The zero-order chi connectivity index (χ0) is 16.4. The Morgan fingerprint density at radius 3 is 2.30 bits per heavy atom. The Labute approximate surface area is 148 Å². The average Bonchev–Trinajstić information content (AvgIpc) is 2.79. The van der Waals surface area contributed by atoms with Crippen LogP contribution in [-0.2, 0) is 11.2 Å². The van der Waals surface area contributed by atoms with Crippen molar-refractivity contribution in [3.63, 3.8) is 0 Å². The number of benzene rings is 1. The van der Waals surface area contributed by atoms with E-state index in [0.717, 1.165) is 10.8 Å². The van der Waals surface area contributed by atoms with Crippen LogP contribution in [0.5, 0.6) is 0 Å². The fourth-order valence-corrected chi connectivity index (χ4v) is 5.62. The van der Waals surface area contributed by atoms with E-state index < -0.39 is 0 Å². The highest BCUT2D eigenvalue weighted by molar-refractivity contribution is 8.00. The summed E-state index contributed by atoms with van der Waals surface area (Å²) >= 11 is 3.85. The number of nitrogens with zero attached hydrogens (tertiary/aromatic N) is 1. The van der Waals surface area contributed by atoms with Crippen LogP contribution in [0.15, 0.2) is 29.2 Å². The molecule has 0 N–H and O–H groups in total. The Balaban J connectivity index is 1.61. The number of thioether (sulfide) groups is 2. The van der Waals surface area contributed by atoms with Gasteiger partial charge in [-0.3, -0.25) is 4.79 Å². The Hall–Kier alpha value is -0.610. The minimum Gasteiger partial charge on any atom is -0.336 e. The smallest absolute Gasteiger partial charge is 0.227 e. The van der Waals surface area contributed by atoms with Gasteiger partial charge in [-0.25, -0.2) is 0 Å². The fourth-order valence-electron chi connectivity index (χ4n) is 3.95. The van der Waals surface area contributed by atoms with E-state index in [0.29, 0.717) is 29.7 Å². The fraction of sp³-hybridized carbons (Fsp3) is 0.632. The summed E-state index contributed by atoms with van der Waals surface area (Å²) in [6, 6.07) is 9.55. The highest BCUT2D eigenvalue weighted by Crippen LogP contribution is 2.39. The average molecular weight is 350 g/mol. The molecule has 0 saturated carbocycles. The molecule has 2 aliphatic rings. The lowest BCUT2D eigenvalue weighted by Crippen LogP contribution is -2.47. The molecule has 1 aromatic rings. The van der Waals surface area contributed by atoms with Gasteiger partial charge in [0.25, 0.3) is 0 Å². The summed E-state index contributed by atoms with van der Waals surface area (Å²) in [5.74, 6) is 0.335. The largest absolute Gasteiger partial charge is 0.336 e. The van der Waals surface area contributed by atoms with Crippen LogP contribution in [0.4, 0.5) is 0 Å². The van der Waals surface area contributed by atoms with Crippen molar-refractivity contribution in [2.45, 2.75) is 73.4 Å². The van der Waals surface area contributed by atoms with E-state index in [9.17, 15) is 4.79 Å². The SMILES string of the molecule is CSC1CC2CCC(C1)N2C(=O)Cc1ccc(SC(C)C)cc1. The molecular formula is C19H27NOS2. The third-order valence-electron chi connectivity index (χ3n) is 4.96. The lowest BCUT2D eigenvalue weighted by Gasteiger charge is -2.38. The zero-order valence-corrected chi connectivity index (χ0v) is 16.0. The number of piperidine rings is 1. The van der Waals surface area contributed by atoms with Gasteiger partial charge >= 0.3 is 0 Å². The molecule has 3 rings (SSSR count). The predicted octanol–water partition coefficient (Wildman–Crippen LogP) is 4.61. The molecule has 1 aromatic carbocycles. The molecule has 2 unspecified atom stereocenters. The molecule has 2 heterocycles. The Bertz CT molecular complexity index is 529. The van der Waals surface area contributed by atoms with Gasteiger partial charge in [0.15, 0.2) is 0 Å². The molecule has 2 atom stereocenters. The molecule has 4 heteroatoms. The predicted molar refractivity (Wildman–Crippen MR) is 101 cm³/mol. The Kier molecular flexibility index (Phi) is 5.63. The molecule has 2 fully saturated rings. The number of rotatable bonds is 5. The van der Waals surface area contributed by atoms with Crippen molar-refractivity contribution in [2.75, 3.05) is 6.26 Å². The molecule has 0 radical (unpaired) electrons. The van der Waals surface area contributed by atoms with Crippen molar-refractivity contribution in [3.8, 4) is 0 Å². The highest BCUT2D eigenvalue weighted by Gasteiger charge is 2.42. The summed E-state index contributed by atoms with van der Waals surface area (Å²) in [5.41, 5.74) is 1.15. The van der Waals surface area contributed by atoms with Crippen LogP contribution in [-0.4, -0.2) is 39.6 Å². The molecule has 0 aliphatic carbocycles. The van der Waals surface area contributed by atoms with E-state index in [1.807, 2.05) is 23.5 Å². The second kappa shape index (κ2) is 7.52. The third kappa shape index (κ3) is 4.08. The number of hydrogen-bond acceptors (Lipinski definition) is 3. The van der Waals surface area contributed by atoms with Gasteiger partial charge in [-0.1, -0.05) is 26.0 Å². The maximum absolute atomic E-state index is 12.8. The second-order valence-corrected chi connectivity index (χ2v) is 9.79. The summed E-state index contributed by atoms with van der Waals surface area (Å²) < 4.78 is 0. The van der Waals surface area contributed by atoms with Gasteiger partial charge < -0.3 is 4.90 Å². The van der Waals surface area contributed by atoms with Crippen LogP contribution in [0, 0.1) is 0 Å². The number of hydrogen-bond donors (Lipinski definition) is 0. The molecule has 2 bridgehead atoms. The van der Waals surface area contributed by atoms with Crippen LogP contribution in [0.1, 0.15) is 45.1 Å². The normalized spacial score (nSPS) is 26.8. The maximum atomic E-state index is 12.8. The first-order valence-corrected chi connectivity index (χ1v) is 10.8. The standard InChI is InChI=1S/C19H27NOS2/c1-13(2)23-17-8-4-14(5-9-17)10-19(21)20-15-6-7-16(20)12-18(11-15)22-3/h4-5,8-9,13,15-16,18H,6-7,10-12H2,1-3H3. The van der Waals surface area contributed by atoms with Gasteiger partial charge in [0.05, 0.1) is 6.42 Å². The van der Waals surface area contributed by atoms with Crippen molar-refractivity contribution in [3.05, 3.63) is 29.8 Å². The van der Waals surface area contributed by atoms with Crippen molar-refractivity contribution in [1.29, 1.82) is 0 Å². The van der Waals surface area contributed by atoms with E-state index in [-0.39, 0.29) is 0 Å². The molecular weight excluding hydrogens is 322 g/mol. The van der Waals surface area contributed by atoms with Gasteiger partial charge in [0.1, 0.15) is 0 Å². The van der Waals surface area contributed by atoms with E-state index in [2.05, 4.69) is 49.3 Å². The van der Waals surface area contributed by atoms with Crippen LogP contribution in [0.25, 0.3) is 0 Å².